The van der Waals surface area contributed by atoms with Gasteiger partial charge < -0.3 is 16.0 Å². The Morgan fingerprint density at radius 1 is 1.10 bits per heavy atom. The van der Waals surface area contributed by atoms with Gasteiger partial charge in [-0.2, -0.15) is 0 Å². The fraction of sp³-hybridized carbons (Fsp3) is 0.227. The number of rotatable bonds is 5. The van der Waals surface area contributed by atoms with Gasteiger partial charge in [0.25, 0.3) is 0 Å². The van der Waals surface area contributed by atoms with Crippen molar-refractivity contribution in [2.45, 2.75) is 18.9 Å². The third-order valence-electron chi connectivity index (χ3n) is 5.09. The number of carbonyl (C=O) groups excluding carboxylic acids is 1. The van der Waals surface area contributed by atoms with Crippen molar-refractivity contribution in [1.29, 1.82) is 0 Å². The summed E-state index contributed by atoms with van der Waals surface area (Å²) in [5, 5.41) is 3.93. The molecule has 1 saturated heterocycles. The Morgan fingerprint density at radius 2 is 1.86 bits per heavy atom. The minimum Gasteiger partial charge on any atom is -0.371 e. The largest absolute Gasteiger partial charge is 0.371 e. The summed E-state index contributed by atoms with van der Waals surface area (Å²) in [5.74, 6) is 0.489. The molecule has 0 atom stereocenters. The maximum absolute atomic E-state index is 11.5. The fourth-order valence-corrected chi connectivity index (χ4v) is 3.59. The third kappa shape index (κ3) is 4.55. The average Bonchev–Trinajstić information content (AvgIpc) is 2.75. The van der Waals surface area contributed by atoms with E-state index < -0.39 is 0 Å². The summed E-state index contributed by atoms with van der Waals surface area (Å²) >= 11 is 5.97. The Labute approximate surface area is 174 Å². The lowest BCUT2D eigenvalue weighted by Gasteiger charge is -2.33. The molecule has 0 aliphatic carbocycles. The lowest BCUT2D eigenvalue weighted by Crippen LogP contribution is -2.40. The molecule has 4 rings (SSSR count). The average molecular weight is 408 g/mol. The van der Waals surface area contributed by atoms with Crippen LogP contribution in [0.5, 0.6) is 0 Å². The highest BCUT2D eigenvalue weighted by molar-refractivity contribution is 6.30. The maximum atomic E-state index is 11.5. The van der Waals surface area contributed by atoms with Crippen LogP contribution in [0.15, 0.2) is 54.7 Å². The first-order chi connectivity index (χ1) is 14.1. The SMILES string of the molecule is NC1CCN(c2cc(Nc3nccc(-c4ccc(Cl)cc4)n3)ccc2C=O)CC1. The number of halogens is 1. The number of aromatic nitrogens is 2. The number of nitrogens with two attached hydrogens (primary N) is 1. The van der Waals surface area contributed by atoms with Crippen molar-refractivity contribution in [2.75, 3.05) is 23.3 Å². The van der Waals surface area contributed by atoms with Crippen LogP contribution in [0.3, 0.4) is 0 Å². The molecule has 3 aromatic rings. The molecule has 1 aromatic heterocycles. The number of piperidine rings is 1. The first-order valence-electron chi connectivity index (χ1n) is 9.58. The van der Waals surface area contributed by atoms with Gasteiger partial charge >= 0.3 is 0 Å². The van der Waals surface area contributed by atoms with E-state index in [-0.39, 0.29) is 6.04 Å². The topological polar surface area (TPSA) is 84.1 Å². The predicted molar refractivity (Wildman–Crippen MR) is 117 cm³/mol. The Bertz CT molecular complexity index is 1000. The van der Waals surface area contributed by atoms with E-state index in [4.69, 9.17) is 17.3 Å². The van der Waals surface area contributed by atoms with E-state index in [0.29, 0.717) is 16.5 Å². The van der Waals surface area contributed by atoms with Crippen LogP contribution < -0.4 is 16.0 Å². The number of nitrogens with one attached hydrogen (secondary N) is 1. The lowest BCUT2D eigenvalue weighted by molar-refractivity contribution is 0.112. The quantitative estimate of drug-likeness (QED) is 0.614. The van der Waals surface area contributed by atoms with E-state index >= 15 is 0 Å². The van der Waals surface area contributed by atoms with Crippen molar-refractivity contribution >= 4 is 35.2 Å². The van der Waals surface area contributed by atoms with E-state index in [2.05, 4.69) is 20.2 Å². The Kier molecular flexibility index (Phi) is 5.74. The zero-order valence-electron chi connectivity index (χ0n) is 15.9. The molecule has 2 heterocycles. The monoisotopic (exact) mass is 407 g/mol. The van der Waals surface area contributed by atoms with Crippen LogP contribution in [0, 0.1) is 0 Å². The van der Waals surface area contributed by atoms with Gasteiger partial charge in [-0.25, -0.2) is 9.97 Å². The van der Waals surface area contributed by atoms with Crippen molar-refractivity contribution in [2.24, 2.45) is 5.73 Å². The van der Waals surface area contributed by atoms with Gasteiger partial charge in [0.15, 0.2) is 6.29 Å². The number of hydrogen-bond acceptors (Lipinski definition) is 6. The number of benzene rings is 2. The van der Waals surface area contributed by atoms with Gasteiger partial charge in [-0.1, -0.05) is 23.7 Å². The molecule has 29 heavy (non-hydrogen) atoms. The van der Waals surface area contributed by atoms with Gasteiger partial charge in [-0.3, -0.25) is 4.79 Å². The summed E-state index contributed by atoms with van der Waals surface area (Å²) in [4.78, 5) is 22.7. The van der Waals surface area contributed by atoms with Gasteiger partial charge in [-0.05, 0) is 49.2 Å². The van der Waals surface area contributed by atoms with Crippen molar-refractivity contribution in [3.63, 3.8) is 0 Å². The van der Waals surface area contributed by atoms with E-state index in [9.17, 15) is 4.79 Å². The van der Waals surface area contributed by atoms with Crippen molar-refractivity contribution in [3.8, 4) is 11.3 Å². The molecule has 7 heteroatoms. The summed E-state index contributed by atoms with van der Waals surface area (Å²) < 4.78 is 0. The minimum absolute atomic E-state index is 0.233. The normalized spacial score (nSPS) is 14.6. The second-order valence-electron chi connectivity index (χ2n) is 7.11. The van der Waals surface area contributed by atoms with Gasteiger partial charge in [0, 0.05) is 52.9 Å². The van der Waals surface area contributed by atoms with Crippen LogP contribution in [0.4, 0.5) is 17.3 Å². The molecule has 0 amide bonds. The van der Waals surface area contributed by atoms with Crippen LogP contribution in [-0.2, 0) is 0 Å². The highest BCUT2D eigenvalue weighted by atomic mass is 35.5. The molecule has 3 N–H and O–H groups in total. The molecule has 2 aromatic carbocycles. The van der Waals surface area contributed by atoms with Gasteiger partial charge in [-0.15, -0.1) is 0 Å². The summed E-state index contributed by atoms with van der Waals surface area (Å²) in [6, 6.07) is 15.3. The summed E-state index contributed by atoms with van der Waals surface area (Å²) in [6.45, 7) is 1.68. The maximum Gasteiger partial charge on any atom is 0.227 e. The highest BCUT2D eigenvalue weighted by Gasteiger charge is 2.19. The molecule has 6 nitrogen and oxygen atoms in total. The molecule has 1 aliphatic heterocycles. The molecule has 0 spiro atoms. The lowest BCUT2D eigenvalue weighted by atomic mass is 10.0. The number of anilines is 3. The van der Waals surface area contributed by atoms with Crippen LogP contribution in [-0.4, -0.2) is 35.4 Å². The van der Waals surface area contributed by atoms with Crippen molar-refractivity contribution in [1.82, 2.24) is 9.97 Å². The molecule has 0 radical (unpaired) electrons. The number of carbonyl (C=O) groups is 1. The molecule has 0 unspecified atom stereocenters. The predicted octanol–water partition coefficient (Wildman–Crippen LogP) is 4.28. The third-order valence-corrected chi connectivity index (χ3v) is 5.34. The van der Waals surface area contributed by atoms with Crippen LogP contribution >= 0.6 is 11.6 Å². The van der Waals surface area contributed by atoms with Crippen molar-refractivity contribution in [3.05, 3.63) is 65.3 Å². The first-order valence-corrected chi connectivity index (χ1v) is 9.96. The van der Waals surface area contributed by atoms with Crippen LogP contribution in [0.1, 0.15) is 23.2 Å². The fourth-order valence-electron chi connectivity index (χ4n) is 3.46. The van der Waals surface area contributed by atoms with E-state index in [1.807, 2.05) is 48.5 Å². The summed E-state index contributed by atoms with van der Waals surface area (Å²) in [7, 11) is 0. The Balaban J connectivity index is 1.58. The van der Waals surface area contributed by atoms with Crippen LogP contribution in [0.2, 0.25) is 5.02 Å². The molecule has 1 aliphatic rings. The minimum atomic E-state index is 0.233. The van der Waals surface area contributed by atoms with E-state index in [0.717, 1.165) is 54.8 Å². The standard InChI is InChI=1S/C22H22ClN5O/c23-17-4-1-15(2-5-17)20-7-10-25-22(27-20)26-19-6-3-16(14-29)21(13-19)28-11-8-18(24)9-12-28/h1-7,10,13-14,18H,8-9,11-12,24H2,(H,25,26,27). The number of hydrogen-bond donors (Lipinski definition) is 2. The van der Waals surface area contributed by atoms with Gasteiger partial charge in [0.2, 0.25) is 5.95 Å². The van der Waals surface area contributed by atoms with Crippen molar-refractivity contribution < 1.29 is 4.79 Å². The first kappa shape index (κ1) is 19.4. The second-order valence-corrected chi connectivity index (χ2v) is 7.55. The number of aldehydes is 1. The molecule has 0 saturated carbocycles. The van der Waals surface area contributed by atoms with Gasteiger partial charge in [0.05, 0.1) is 5.69 Å². The number of nitrogens with zero attached hydrogens (tertiary/aromatic N) is 3. The zero-order chi connectivity index (χ0) is 20.2. The molecular weight excluding hydrogens is 386 g/mol. The molecule has 148 valence electrons. The summed E-state index contributed by atoms with van der Waals surface area (Å²) in [6.07, 6.45) is 4.45. The highest BCUT2D eigenvalue weighted by Crippen LogP contribution is 2.28. The zero-order valence-corrected chi connectivity index (χ0v) is 16.6. The molecular formula is C22H22ClN5O. The molecule has 1 fully saturated rings. The van der Waals surface area contributed by atoms with E-state index in [1.54, 1.807) is 6.20 Å². The smallest absolute Gasteiger partial charge is 0.227 e. The Morgan fingerprint density at radius 3 is 2.59 bits per heavy atom. The van der Waals surface area contributed by atoms with E-state index in [1.165, 1.54) is 0 Å². The second kappa shape index (κ2) is 8.59. The van der Waals surface area contributed by atoms with Crippen LogP contribution in [0.25, 0.3) is 11.3 Å². The summed E-state index contributed by atoms with van der Waals surface area (Å²) in [5.41, 5.74) is 10.2. The molecule has 0 bridgehead atoms. The Hall–Kier alpha value is -2.96. The van der Waals surface area contributed by atoms with Gasteiger partial charge in [0.1, 0.15) is 0 Å².